The average Bonchev–Trinajstić information content (AvgIpc) is 3.91. The molecule has 4 aromatic carbocycles. The maximum absolute atomic E-state index is 12.2. The van der Waals surface area contributed by atoms with Gasteiger partial charge in [0, 0.05) is 64.8 Å². The van der Waals surface area contributed by atoms with Gasteiger partial charge in [-0.25, -0.2) is 14.8 Å². The molecule has 11 nitrogen and oxygen atoms in total. The summed E-state index contributed by atoms with van der Waals surface area (Å²) >= 11 is 11.8. The van der Waals surface area contributed by atoms with Gasteiger partial charge >= 0.3 is 30.2 Å². The second kappa shape index (κ2) is 18.6. The summed E-state index contributed by atoms with van der Waals surface area (Å²) in [5.41, 5.74) is 10.4. The number of nitrogen functional groups attached to an aromatic ring is 1. The zero-order valence-electron chi connectivity index (χ0n) is 28.3. The number of nitrogens with zero attached hydrogens (tertiary/aromatic N) is 2. The Morgan fingerprint density at radius 2 is 1.16 bits per heavy atom. The van der Waals surface area contributed by atoms with Crippen molar-refractivity contribution >= 4 is 74.6 Å². The monoisotopic (exact) mass is 812 g/mol. The van der Waals surface area contributed by atoms with E-state index in [1.54, 1.807) is 35.6 Å². The molecule has 0 bridgehead atoms. The third-order valence-corrected chi connectivity index (χ3v) is 7.27. The number of nitrogens with two attached hydrogens (primary N) is 1. The molecule has 0 unspecified atom stereocenters. The number of halogens is 8. The number of rotatable bonds is 3. The summed E-state index contributed by atoms with van der Waals surface area (Å²) in [6.45, 7) is 2.71. The van der Waals surface area contributed by atoms with Crippen LogP contribution in [0.25, 0.3) is 45.1 Å². The molecule has 7 rings (SSSR count). The number of anilines is 2. The van der Waals surface area contributed by atoms with Crippen molar-refractivity contribution in [3.8, 4) is 22.9 Å². The Balaban J connectivity index is 0.000000183. The molecule has 1 saturated heterocycles. The molecule has 0 radical (unpaired) electrons. The fourth-order valence-electron chi connectivity index (χ4n) is 4.27. The van der Waals surface area contributed by atoms with Crippen LogP contribution in [0.2, 0.25) is 10.0 Å². The van der Waals surface area contributed by atoms with Crippen LogP contribution in [-0.4, -0.2) is 53.4 Å². The first-order chi connectivity index (χ1) is 25.9. The van der Waals surface area contributed by atoms with E-state index in [9.17, 15) is 40.7 Å². The number of nitrogens with one attached hydrogen (secondary N) is 1. The third kappa shape index (κ3) is 13.0. The lowest BCUT2D eigenvalue weighted by Crippen LogP contribution is -2.29. The van der Waals surface area contributed by atoms with Gasteiger partial charge < -0.3 is 29.4 Å². The first kappa shape index (κ1) is 42.1. The second-order valence-electron chi connectivity index (χ2n) is 11.1. The number of fused-ring (bicyclic) bond motifs is 2. The van der Waals surface area contributed by atoms with E-state index in [1.165, 1.54) is 37.1 Å². The predicted molar refractivity (Wildman–Crippen MR) is 191 cm³/mol. The maximum atomic E-state index is 12.2. The summed E-state index contributed by atoms with van der Waals surface area (Å²) < 4.78 is 89.4. The van der Waals surface area contributed by atoms with Crippen LogP contribution in [0.4, 0.5) is 37.7 Å². The molecule has 2 aromatic heterocycles. The number of hydrogen-bond donors (Lipinski definition) is 2. The molecular weight excluding hydrogens is 785 g/mol. The molecule has 290 valence electrons. The van der Waals surface area contributed by atoms with E-state index in [2.05, 4.69) is 14.7 Å². The number of amides is 1. The van der Waals surface area contributed by atoms with E-state index < -0.39 is 30.2 Å². The predicted octanol–water partition coefficient (Wildman–Crippen LogP) is 9.81. The van der Waals surface area contributed by atoms with Crippen molar-refractivity contribution in [3.05, 3.63) is 95.0 Å². The number of oxazole rings is 2. The minimum atomic E-state index is -5.09. The SMILES string of the molecule is C1CCOC1.CC(=O)OC(=O)C(F)(F)F.Nc1ccc(-c2nc3ccc(Cl)cc3o2)cc1.O=C(Nc1ccc(-c2nc3ccc(Cl)cc3o2)cc1)C(F)(F)F. The van der Waals surface area contributed by atoms with Gasteiger partial charge in [-0.05, 0) is 85.6 Å². The van der Waals surface area contributed by atoms with Crippen molar-refractivity contribution in [1.82, 2.24) is 9.97 Å². The van der Waals surface area contributed by atoms with E-state index in [-0.39, 0.29) is 5.69 Å². The largest absolute Gasteiger partial charge is 0.491 e. The van der Waals surface area contributed by atoms with Crippen LogP contribution in [0.1, 0.15) is 19.8 Å². The topological polar surface area (TPSA) is 160 Å². The second-order valence-corrected chi connectivity index (χ2v) is 12.0. The van der Waals surface area contributed by atoms with Crippen molar-refractivity contribution in [3.63, 3.8) is 0 Å². The molecule has 0 spiro atoms. The summed E-state index contributed by atoms with van der Waals surface area (Å²) in [7, 11) is 0. The number of esters is 2. The van der Waals surface area contributed by atoms with Crippen LogP contribution >= 0.6 is 23.2 Å². The lowest BCUT2D eigenvalue weighted by atomic mass is 10.2. The van der Waals surface area contributed by atoms with Gasteiger partial charge in [-0.2, -0.15) is 26.3 Å². The molecule has 19 heteroatoms. The van der Waals surface area contributed by atoms with Crippen LogP contribution < -0.4 is 11.1 Å². The average molecular weight is 814 g/mol. The molecule has 3 N–H and O–H groups in total. The minimum Gasteiger partial charge on any atom is -0.436 e. The standard InChI is InChI=1S/C15H8ClF3N2O2.C13H9ClN2O.C4H3F3O3.C4H8O/c16-9-3-6-11-12(7-9)23-13(21-11)8-1-4-10(5-2-8)20-14(22)15(17,18)19;14-9-3-6-11-12(7-9)17-13(16-11)8-1-4-10(15)5-2-8;1-2(8)10-3(9)4(5,6)7;1-2-4-5-3-1/h1-7H,(H,20,22);1-7H,15H2;1H3;1-4H2. The van der Waals surface area contributed by atoms with Crippen molar-refractivity contribution in [2.24, 2.45) is 0 Å². The number of carbonyl (C=O) groups is 3. The molecule has 3 heterocycles. The van der Waals surface area contributed by atoms with Crippen molar-refractivity contribution < 1.29 is 59.0 Å². The highest BCUT2D eigenvalue weighted by Gasteiger charge is 2.42. The highest BCUT2D eigenvalue weighted by Crippen LogP contribution is 2.29. The zero-order valence-corrected chi connectivity index (χ0v) is 29.8. The number of carbonyl (C=O) groups excluding carboxylic acids is 3. The summed E-state index contributed by atoms with van der Waals surface area (Å²) in [6.07, 6.45) is -7.47. The van der Waals surface area contributed by atoms with Crippen molar-refractivity contribution in [2.75, 3.05) is 24.3 Å². The number of alkyl halides is 6. The summed E-state index contributed by atoms with van der Waals surface area (Å²) in [4.78, 5) is 39.0. The number of ether oxygens (including phenoxy) is 2. The maximum Gasteiger partial charge on any atom is 0.491 e. The van der Waals surface area contributed by atoms with Gasteiger partial charge in [0.15, 0.2) is 11.2 Å². The van der Waals surface area contributed by atoms with Gasteiger partial charge in [-0.3, -0.25) is 9.59 Å². The van der Waals surface area contributed by atoms with E-state index in [4.69, 9.17) is 42.5 Å². The van der Waals surface area contributed by atoms with Crippen LogP contribution in [0.5, 0.6) is 0 Å². The molecule has 1 aliphatic heterocycles. The van der Waals surface area contributed by atoms with E-state index in [0.717, 1.165) is 24.3 Å². The zero-order chi connectivity index (χ0) is 40.3. The summed E-state index contributed by atoms with van der Waals surface area (Å²) in [5, 5.41) is 2.90. The Morgan fingerprint density at radius 3 is 1.53 bits per heavy atom. The van der Waals surface area contributed by atoms with Gasteiger partial charge in [-0.1, -0.05) is 23.2 Å². The van der Waals surface area contributed by atoms with E-state index in [1.807, 2.05) is 30.3 Å². The molecule has 0 atom stereocenters. The number of aromatic nitrogens is 2. The molecule has 0 aliphatic carbocycles. The fourth-order valence-corrected chi connectivity index (χ4v) is 4.59. The fraction of sp³-hybridized carbons (Fsp3) is 0.194. The lowest BCUT2D eigenvalue weighted by molar-refractivity contribution is -0.201. The Bertz CT molecular complexity index is 2230. The molecule has 6 aromatic rings. The minimum absolute atomic E-state index is 0.0234. The van der Waals surface area contributed by atoms with E-state index >= 15 is 0 Å². The van der Waals surface area contributed by atoms with Crippen molar-refractivity contribution in [1.29, 1.82) is 0 Å². The Hall–Kier alpha value is -5.65. The van der Waals surface area contributed by atoms with E-state index in [0.29, 0.717) is 56.7 Å². The molecule has 55 heavy (non-hydrogen) atoms. The Morgan fingerprint density at radius 1 is 0.709 bits per heavy atom. The first-order valence-corrected chi connectivity index (χ1v) is 16.5. The van der Waals surface area contributed by atoms with Crippen LogP contribution in [0.3, 0.4) is 0 Å². The molecule has 0 saturated carbocycles. The Kier molecular flexibility index (Phi) is 14.2. The molecule has 1 amide bonds. The number of hydrogen-bond acceptors (Lipinski definition) is 10. The van der Waals surface area contributed by atoms with Crippen LogP contribution in [0, 0.1) is 0 Å². The molecular formula is C36H28Cl2F6N4O7. The van der Waals surface area contributed by atoms with Gasteiger partial charge in [0.25, 0.3) is 0 Å². The van der Waals surface area contributed by atoms with Gasteiger partial charge in [-0.15, -0.1) is 0 Å². The quantitative estimate of drug-likeness (QED) is 0.0762. The highest BCUT2D eigenvalue weighted by molar-refractivity contribution is 6.31. The van der Waals surface area contributed by atoms with Gasteiger partial charge in [0.05, 0.1) is 0 Å². The lowest BCUT2D eigenvalue weighted by Gasteiger charge is -2.07. The smallest absolute Gasteiger partial charge is 0.436 e. The third-order valence-electron chi connectivity index (χ3n) is 6.80. The van der Waals surface area contributed by atoms with Gasteiger partial charge in [0.1, 0.15) is 11.0 Å². The normalized spacial score (nSPS) is 12.4. The first-order valence-electron chi connectivity index (χ1n) is 15.7. The number of benzene rings is 4. The van der Waals surface area contributed by atoms with Crippen molar-refractivity contribution in [2.45, 2.75) is 32.1 Å². The summed E-state index contributed by atoms with van der Waals surface area (Å²) in [5.74, 6) is -4.91. The van der Waals surface area contributed by atoms with Gasteiger partial charge in [0.2, 0.25) is 11.8 Å². The summed E-state index contributed by atoms with van der Waals surface area (Å²) in [6, 6.07) is 23.4. The highest BCUT2D eigenvalue weighted by atomic mass is 35.5. The molecule has 1 fully saturated rings. The molecule has 1 aliphatic rings. The Labute approximate surface area is 317 Å². The van der Waals surface area contributed by atoms with Crippen LogP contribution in [0.15, 0.2) is 93.8 Å². The van der Waals surface area contributed by atoms with Crippen LogP contribution in [-0.2, 0) is 23.9 Å².